The number of rotatable bonds is 4. The number of ether oxygens (including phenoxy) is 2. The summed E-state index contributed by atoms with van der Waals surface area (Å²) in [6, 6.07) is 10.8. The molecule has 104 valence electrons. The van der Waals surface area contributed by atoms with Crippen molar-refractivity contribution in [3.05, 3.63) is 58.3 Å². The maximum absolute atomic E-state index is 13.4. The summed E-state index contributed by atoms with van der Waals surface area (Å²) in [5.41, 5.74) is 0.184. The number of esters is 1. The van der Waals surface area contributed by atoms with Crippen LogP contribution in [0, 0.1) is 5.82 Å². The molecule has 0 unspecified atom stereocenters. The van der Waals surface area contributed by atoms with E-state index < -0.39 is 11.8 Å². The fourth-order valence-electron chi connectivity index (χ4n) is 1.60. The molecule has 0 fully saturated rings. The first-order chi connectivity index (χ1) is 9.61. The number of para-hydroxylation sites is 1. The van der Waals surface area contributed by atoms with Crippen molar-refractivity contribution in [1.82, 2.24) is 0 Å². The second kappa shape index (κ2) is 6.52. The van der Waals surface area contributed by atoms with Crippen LogP contribution in [-0.4, -0.2) is 12.6 Å². The molecule has 2 aromatic carbocycles. The van der Waals surface area contributed by atoms with E-state index in [1.807, 2.05) is 6.07 Å². The van der Waals surface area contributed by atoms with Crippen LogP contribution in [0.5, 0.6) is 11.5 Å². The lowest BCUT2D eigenvalue weighted by Gasteiger charge is -2.11. The van der Waals surface area contributed by atoms with Gasteiger partial charge in [0.15, 0.2) is 0 Å². The van der Waals surface area contributed by atoms with E-state index in [1.54, 1.807) is 25.1 Å². The van der Waals surface area contributed by atoms with Crippen LogP contribution in [-0.2, 0) is 4.74 Å². The van der Waals surface area contributed by atoms with Crippen LogP contribution >= 0.6 is 15.9 Å². The fourth-order valence-corrected chi connectivity index (χ4v) is 1.97. The van der Waals surface area contributed by atoms with Crippen molar-refractivity contribution in [1.29, 1.82) is 0 Å². The Kier molecular flexibility index (Phi) is 4.74. The molecule has 0 bridgehead atoms. The van der Waals surface area contributed by atoms with Gasteiger partial charge in [0, 0.05) is 6.07 Å². The van der Waals surface area contributed by atoms with Crippen LogP contribution < -0.4 is 4.74 Å². The van der Waals surface area contributed by atoms with Crippen LogP contribution in [0.1, 0.15) is 17.3 Å². The zero-order valence-corrected chi connectivity index (χ0v) is 12.3. The van der Waals surface area contributed by atoms with E-state index in [0.717, 1.165) is 6.07 Å². The summed E-state index contributed by atoms with van der Waals surface area (Å²) in [5, 5.41) is 0. The molecule has 0 saturated heterocycles. The second-order valence-corrected chi connectivity index (χ2v) is 4.75. The van der Waals surface area contributed by atoms with Gasteiger partial charge in [-0.2, -0.15) is 0 Å². The summed E-state index contributed by atoms with van der Waals surface area (Å²) < 4.78 is 24.6. The molecule has 0 spiro atoms. The molecule has 2 aromatic rings. The SMILES string of the molecule is CCOC(=O)c1ccc(F)cc1Oc1ccccc1Br. The average Bonchev–Trinajstić information content (AvgIpc) is 2.42. The van der Waals surface area contributed by atoms with Crippen LogP contribution in [0.3, 0.4) is 0 Å². The highest BCUT2D eigenvalue weighted by Gasteiger charge is 2.16. The second-order valence-electron chi connectivity index (χ2n) is 3.89. The first kappa shape index (κ1) is 14.5. The van der Waals surface area contributed by atoms with Gasteiger partial charge in [-0.3, -0.25) is 0 Å². The van der Waals surface area contributed by atoms with E-state index in [1.165, 1.54) is 12.1 Å². The Labute approximate surface area is 124 Å². The van der Waals surface area contributed by atoms with Crippen molar-refractivity contribution in [2.45, 2.75) is 6.92 Å². The Morgan fingerprint density at radius 1 is 1.20 bits per heavy atom. The Hall–Kier alpha value is -1.88. The first-order valence-electron chi connectivity index (χ1n) is 6.01. The number of hydrogen-bond donors (Lipinski definition) is 0. The maximum Gasteiger partial charge on any atom is 0.341 e. The van der Waals surface area contributed by atoms with E-state index >= 15 is 0 Å². The van der Waals surface area contributed by atoms with Gasteiger partial charge in [-0.1, -0.05) is 12.1 Å². The van der Waals surface area contributed by atoms with Crippen molar-refractivity contribution in [3.8, 4) is 11.5 Å². The molecular formula is C15H12BrFO3. The topological polar surface area (TPSA) is 35.5 Å². The Balaban J connectivity index is 2.37. The van der Waals surface area contributed by atoms with E-state index in [0.29, 0.717) is 10.2 Å². The van der Waals surface area contributed by atoms with Crippen molar-refractivity contribution in [2.75, 3.05) is 6.61 Å². The van der Waals surface area contributed by atoms with Gasteiger partial charge < -0.3 is 9.47 Å². The molecule has 0 atom stereocenters. The van der Waals surface area contributed by atoms with Gasteiger partial charge in [-0.05, 0) is 47.1 Å². The highest BCUT2D eigenvalue weighted by Crippen LogP contribution is 2.32. The number of carbonyl (C=O) groups is 1. The van der Waals surface area contributed by atoms with E-state index in [-0.39, 0.29) is 17.9 Å². The predicted octanol–water partition coefficient (Wildman–Crippen LogP) is 4.56. The first-order valence-corrected chi connectivity index (χ1v) is 6.80. The smallest absolute Gasteiger partial charge is 0.341 e. The van der Waals surface area contributed by atoms with Gasteiger partial charge in [0.05, 0.1) is 11.1 Å². The fraction of sp³-hybridized carbons (Fsp3) is 0.133. The molecule has 0 heterocycles. The molecule has 0 N–H and O–H groups in total. The highest BCUT2D eigenvalue weighted by atomic mass is 79.9. The van der Waals surface area contributed by atoms with Gasteiger partial charge >= 0.3 is 5.97 Å². The third-order valence-corrected chi connectivity index (χ3v) is 3.15. The molecular weight excluding hydrogens is 327 g/mol. The molecule has 3 nitrogen and oxygen atoms in total. The summed E-state index contributed by atoms with van der Waals surface area (Å²) in [6.07, 6.45) is 0. The van der Waals surface area contributed by atoms with Crippen LogP contribution in [0.25, 0.3) is 0 Å². The van der Waals surface area contributed by atoms with Crippen molar-refractivity contribution < 1.29 is 18.7 Å². The van der Waals surface area contributed by atoms with Gasteiger partial charge in [-0.25, -0.2) is 9.18 Å². The van der Waals surface area contributed by atoms with Crippen LogP contribution in [0.15, 0.2) is 46.9 Å². The molecule has 2 rings (SSSR count). The standard InChI is InChI=1S/C15H12BrFO3/c1-2-19-15(18)11-8-7-10(17)9-14(11)20-13-6-4-3-5-12(13)16/h3-9H,2H2,1H3. The summed E-state index contributed by atoms with van der Waals surface area (Å²) in [6.45, 7) is 1.94. The molecule has 5 heteroatoms. The minimum atomic E-state index is -0.547. The number of halogens is 2. The molecule has 20 heavy (non-hydrogen) atoms. The Bertz CT molecular complexity index is 628. The normalized spacial score (nSPS) is 10.2. The lowest BCUT2D eigenvalue weighted by Crippen LogP contribution is -2.06. The third-order valence-electron chi connectivity index (χ3n) is 2.50. The summed E-state index contributed by atoms with van der Waals surface area (Å²) in [7, 11) is 0. The predicted molar refractivity (Wildman–Crippen MR) is 76.6 cm³/mol. The lowest BCUT2D eigenvalue weighted by atomic mass is 10.2. The summed E-state index contributed by atoms with van der Waals surface area (Å²) >= 11 is 3.33. The minimum absolute atomic E-state index is 0.121. The highest BCUT2D eigenvalue weighted by molar-refractivity contribution is 9.10. The zero-order chi connectivity index (χ0) is 14.5. The maximum atomic E-state index is 13.4. The van der Waals surface area contributed by atoms with Gasteiger partial charge in [0.1, 0.15) is 22.9 Å². The molecule has 0 amide bonds. The van der Waals surface area contributed by atoms with Crippen LogP contribution in [0.4, 0.5) is 4.39 Å². The zero-order valence-electron chi connectivity index (χ0n) is 10.7. The van der Waals surface area contributed by atoms with E-state index in [4.69, 9.17) is 9.47 Å². The molecule has 0 aliphatic rings. The minimum Gasteiger partial charge on any atom is -0.462 e. The molecule has 0 radical (unpaired) electrons. The number of carbonyl (C=O) groups excluding carboxylic acids is 1. The number of hydrogen-bond acceptors (Lipinski definition) is 3. The molecule has 0 aliphatic heterocycles. The van der Waals surface area contributed by atoms with Crippen molar-refractivity contribution in [3.63, 3.8) is 0 Å². The van der Waals surface area contributed by atoms with Crippen LogP contribution in [0.2, 0.25) is 0 Å². The summed E-state index contributed by atoms with van der Waals surface area (Å²) in [5.74, 6) is -0.423. The van der Waals surface area contributed by atoms with Crippen molar-refractivity contribution in [2.24, 2.45) is 0 Å². The largest absolute Gasteiger partial charge is 0.462 e. The van der Waals surface area contributed by atoms with E-state index in [9.17, 15) is 9.18 Å². The van der Waals surface area contributed by atoms with Gasteiger partial charge in [0.25, 0.3) is 0 Å². The molecule has 0 aromatic heterocycles. The lowest BCUT2D eigenvalue weighted by molar-refractivity contribution is 0.0523. The Morgan fingerprint density at radius 3 is 2.65 bits per heavy atom. The monoisotopic (exact) mass is 338 g/mol. The molecule has 0 saturated carbocycles. The third kappa shape index (κ3) is 3.36. The summed E-state index contributed by atoms with van der Waals surface area (Å²) in [4.78, 5) is 11.8. The Morgan fingerprint density at radius 2 is 1.95 bits per heavy atom. The van der Waals surface area contributed by atoms with Gasteiger partial charge in [-0.15, -0.1) is 0 Å². The quantitative estimate of drug-likeness (QED) is 0.766. The molecule has 0 aliphatic carbocycles. The van der Waals surface area contributed by atoms with E-state index in [2.05, 4.69) is 15.9 Å². The van der Waals surface area contributed by atoms with Crippen molar-refractivity contribution >= 4 is 21.9 Å². The number of benzene rings is 2. The van der Waals surface area contributed by atoms with Gasteiger partial charge in [0.2, 0.25) is 0 Å². The average molecular weight is 339 g/mol.